The predicted molar refractivity (Wildman–Crippen MR) is 176 cm³/mol. The van der Waals surface area contributed by atoms with Crippen LogP contribution >= 0.6 is 33.9 Å². The molecule has 0 fully saturated rings. The van der Waals surface area contributed by atoms with E-state index in [4.69, 9.17) is 23.7 Å². The van der Waals surface area contributed by atoms with Crippen LogP contribution in [-0.2, 0) is 16.1 Å². The van der Waals surface area contributed by atoms with Gasteiger partial charge in [-0.2, -0.15) is 0 Å². The van der Waals surface area contributed by atoms with E-state index in [1.807, 2.05) is 42.5 Å². The van der Waals surface area contributed by atoms with E-state index in [0.717, 1.165) is 14.7 Å². The van der Waals surface area contributed by atoms with Crippen molar-refractivity contribution >= 4 is 46.0 Å². The molecule has 1 aliphatic heterocycles. The fraction of sp³-hybridized carbons (Fsp3) is 0.242. The third-order valence-electron chi connectivity index (χ3n) is 7.02. The summed E-state index contributed by atoms with van der Waals surface area (Å²) in [6.45, 7) is 4.04. The molecule has 0 saturated carbocycles. The van der Waals surface area contributed by atoms with Crippen molar-refractivity contribution in [1.82, 2.24) is 4.57 Å². The number of allylic oxidation sites excluding steroid dienone is 1. The average molecular weight is 727 g/mol. The zero-order valence-corrected chi connectivity index (χ0v) is 27.9. The Kier molecular flexibility index (Phi) is 9.74. The maximum absolute atomic E-state index is 14.1. The molecule has 3 aromatic carbocycles. The minimum Gasteiger partial charge on any atom is -0.497 e. The molecule has 0 aliphatic carbocycles. The fourth-order valence-corrected chi connectivity index (χ4v) is 6.81. The first-order chi connectivity index (χ1) is 21.3. The monoisotopic (exact) mass is 726 g/mol. The van der Waals surface area contributed by atoms with Gasteiger partial charge in [0.1, 0.15) is 24.1 Å². The van der Waals surface area contributed by atoms with Crippen LogP contribution in [0.1, 0.15) is 36.6 Å². The van der Waals surface area contributed by atoms with Crippen molar-refractivity contribution in [2.45, 2.75) is 26.5 Å². The summed E-state index contributed by atoms with van der Waals surface area (Å²) in [6, 6.07) is 18.1. The zero-order chi connectivity index (χ0) is 31.4. The molecule has 2 heterocycles. The molecular formula is C33H31IN2O7S. The molecule has 44 heavy (non-hydrogen) atoms. The highest BCUT2D eigenvalue weighted by Crippen LogP contribution is 2.38. The first-order valence-corrected chi connectivity index (χ1v) is 15.6. The molecule has 4 aromatic rings. The average Bonchev–Trinajstić information content (AvgIpc) is 3.33. The van der Waals surface area contributed by atoms with Gasteiger partial charge in [-0.05, 0) is 84.0 Å². The smallest absolute Gasteiger partial charge is 0.338 e. The van der Waals surface area contributed by atoms with E-state index in [0.29, 0.717) is 50.2 Å². The number of hydrogen-bond donors (Lipinski definition) is 0. The van der Waals surface area contributed by atoms with Crippen molar-refractivity contribution < 1.29 is 28.5 Å². The van der Waals surface area contributed by atoms with Crippen LogP contribution in [0.5, 0.6) is 23.0 Å². The van der Waals surface area contributed by atoms with Gasteiger partial charge in [0.25, 0.3) is 5.56 Å². The standard InChI is InChI=1S/C33H31IN2O7S/c1-6-42-32(38)28-19(2)35-33-36(29(28)23-17-22(39-3)12-13-25(23)40-4)31(37)27(44-33)16-21-14-24(34)30(26(15-21)41-5)43-18-20-10-8-7-9-11-20/h7-17,29H,6,18H2,1-5H3/b27-16-/t29-/m0/s1. The summed E-state index contributed by atoms with van der Waals surface area (Å²) in [5.41, 5.74) is 2.77. The van der Waals surface area contributed by atoms with Crippen LogP contribution in [-0.4, -0.2) is 38.5 Å². The van der Waals surface area contributed by atoms with Crippen LogP contribution in [0.4, 0.5) is 0 Å². The van der Waals surface area contributed by atoms with E-state index in [-0.39, 0.29) is 17.7 Å². The van der Waals surface area contributed by atoms with Crippen LogP contribution in [0.25, 0.3) is 6.08 Å². The SMILES string of the molecule is CCOC(=O)C1=C(C)N=c2s/c(=C\c3cc(I)c(OCc4ccccc4)c(OC)c3)c(=O)n2[C@H]1c1cc(OC)ccc1OC. The number of carbonyl (C=O) groups is 1. The van der Waals surface area contributed by atoms with Gasteiger partial charge in [-0.1, -0.05) is 41.7 Å². The molecule has 5 rings (SSSR count). The lowest BCUT2D eigenvalue weighted by Gasteiger charge is -2.26. The summed E-state index contributed by atoms with van der Waals surface area (Å²) in [6.07, 6.45) is 1.79. The van der Waals surface area contributed by atoms with Gasteiger partial charge in [0.05, 0.1) is 47.3 Å². The summed E-state index contributed by atoms with van der Waals surface area (Å²) in [7, 11) is 4.68. The van der Waals surface area contributed by atoms with E-state index in [9.17, 15) is 9.59 Å². The number of thiazole rings is 1. The lowest BCUT2D eigenvalue weighted by atomic mass is 9.94. The molecular weight excluding hydrogens is 695 g/mol. The number of fused-ring (bicyclic) bond motifs is 1. The molecule has 1 atom stereocenters. The predicted octanol–water partition coefficient (Wildman–Crippen LogP) is 5.01. The highest BCUT2D eigenvalue weighted by atomic mass is 127. The Hall–Kier alpha value is -4.10. The molecule has 0 N–H and O–H groups in total. The summed E-state index contributed by atoms with van der Waals surface area (Å²) >= 11 is 3.44. The highest BCUT2D eigenvalue weighted by Gasteiger charge is 2.35. The minimum absolute atomic E-state index is 0.174. The number of rotatable bonds is 10. The number of esters is 1. The normalized spacial score (nSPS) is 14.5. The molecule has 1 aromatic heterocycles. The summed E-state index contributed by atoms with van der Waals surface area (Å²) in [5, 5.41) is 0. The Morgan fingerprint density at radius 1 is 1.02 bits per heavy atom. The highest BCUT2D eigenvalue weighted by molar-refractivity contribution is 14.1. The van der Waals surface area contributed by atoms with Gasteiger partial charge in [0.15, 0.2) is 16.3 Å². The Balaban J connectivity index is 1.63. The molecule has 0 bridgehead atoms. The van der Waals surface area contributed by atoms with Crippen LogP contribution in [0.2, 0.25) is 0 Å². The molecule has 1 aliphatic rings. The number of ether oxygens (including phenoxy) is 5. The van der Waals surface area contributed by atoms with Crippen molar-refractivity contribution in [3.8, 4) is 23.0 Å². The topological polar surface area (TPSA) is 97.6 Å². The Morgan fingerprint density at radius 2 is 1.77 bits per heavy atom. The lowest BCUT2D eigenvalue weighted by molar-refractivity contribution is -0.139. The number of methoxy groups -OCH3 is 3. The maximum atomic E-state index is 14.1. The molecule has 0 spiro atoms. The molecule has 0 radical (unpaired) electrons. The number of halogens is 1. The van der Waals surface area contributed by atoms with E-state index in [1.165, 1.54) is 23.0 Å². The number of benzene rings is 3. The van der Waals surface area contributed by atoms with Crippen molar-refractivity contribution in [3.05, 3.63) is 112 Å². The first kappa shape index (κ1) is 31.3. The summed E-state index contributed by atoms with van der Waals surface area (Å²) < 4.78 is 31.1. The number of nitrogens with zero attached hydrogens (tertiary/aromatic N) is 2. The van der Waals surface area contributed by atoms with Gasteiger partial charge in [-0.25, -0.2) is 9.79 Å². The number of aromatic nitrogens is 1. The second kappa shape index (κ2) is 13.7. The summed E-state index contributed by atoms with van der Waals surface area (Å²) in [5.74, 6) is 1.66. The van der Waals surface area contributed by atoms with Gasteiger partial charge >= 0.3 is 5.97 Å². The third-order valence-corrected chi connectivity index (χ3v) is 8.81. The first-order valence-electron chi connectivity index (χ1n) is 13.7. The van der Waals surface area contributed by atoms with Gasteiger partial charge in [-0.15, -0.1) is 0 Å². The van der Waals surface area contributed by atoms with Crippen molar-refractivity contribution in [1.29, 1.82) is 0 Å². The zero-order valence-electron chi connectivity index (χ0n) is 24.9. The van der Waals surface area contributed by atoms with Crippen LogP contribution in [0.15, 0.2) is 81.7 Å². The van der Waals surface area contributed by atoms with Crippen molar-refractivity contribution in [2.24, 2.45) is 4.99 Å². The molecule has 9 nitrogen and oxygen atoms in total. The number of carbonyl (C=O) groups excluding carboxylic acids is 1. The number of hydrogen-bond acceptors (Lipinski definition) is 9. The second-order valence-electron chi connectivity index (χ2n) is 9.72. The van der Waals surface area contributed by atoms with E-state index >= 15 is 0 Å². The molecule has 228 valence electrons. The molecule has 0 amide bonds. The van der Waals surface area contributed by atoms with Crippen LogP contribution in [0, 0.1) is 3.57 Å². The molecule has 0 saturated heterocycles. The van der Waals surface area contributed by atoms with Gasteiger partial charge in [0, 0.05) is 5.56 Å². The van der Waals surface area contributed by atoms with Crippen LogP contribution < -0.4 is 33.8 Å². The molecule has 0 unspecified atom stereocenters. The minimum atomic E-state index is -0.846. The van der Waals surface area contributed by atoms with Gasteiger partial charge in [-0.3, -0.25) is 9.36 Å². The van der Waals surface area contributed by atoms with Gasteiger partial charge < -0.3 is 23.7 Å². The Morgan fingerprint density at radius 3 is 2.45 bits per heavy atom. The fourth-order valence-electron chi connectivity index (χ4n) is 4.98. The van der Waals surface area contributed by atoms with E-state index in [1.54, 1.807) is 52.3 Å². The summed E-state index contributed by atoms with van der Waals surface area (Å²) in [4.78, 5) is 32.5. The quantitative estimate of drug-likeness (QED) is 0.168. The van der Waals surface area contributed by atoms with Crippen LogP contribution in [0.3, 0.4) is 0 Å². The Labute approximate surface area is 272 Å². The van der Waals surface area contributed by atoms with E-state index in [2.05, 4.69) is 27.6 Å². The van der Waals surface area contributed by atoms with E-state index < -0.39 is 12.0 Å². The van der Waals surface area contributed by atoms with Crippen molar-refractivity contribution in [2.75, 3.05) is 27.9 Å². The molecule has 11 heteroatoms. The maximum Gasteiger partial charge on any atom is 0.338 e. The van der Waals surface area contributed by atoms with Crippen molar-refractivity contribution in [3.63, 3.8) is 0 Å². The third kappa shape index (κ3) is 6.25. The van der Waals surface area contributed by atoms with Gasteiger partial charge in [0.2, 0.25) is 0 Å². The largest absolute Gasteiger partial charge is 0.497 e. The second-order valence-corrected chi connectivity index (χ2v) is 11.9. The Bertz CT molecular complexity index is 1910. The lowest BCUT2D eigenvalue weighted by Crippen LogP contribution is -2.40.